The van der Waals surface area contributed by atoms with Gasteiger partial charge in [0.25, 0.3) is 0 Å². The highest BCUT2D eigenvalue weighted by molar-refractivity contribution is 6.31. The van der Waals surface area contributed by atoms with Crippen LogP contribution in [0.3, 0.4) is 0 Å². The van der Waals surface area contributed by atoms with Gasteiger partial charge < -0.3 is 5.73 Å². The maximum Gasteiger partial charge on any atom is 0.0831 e. The zero-order valence-corrected chi connectivity index (χ0v) is 11.7. The third-order valence-electron chi connectivity index (χ3n) is 3.32. The molecule has 1 fully saturated rings. The first-order valence-electron chi connectivity index (χ1n) is 5.79. The van der Waals surface area contributed by atoms with Crippen molar-refractivity contribution in [3.63, 3.8) is 0 Å². The second-order valence-corrected chi connectivity index (χ2v) is 4.95. The highest BCUT2D eigenvalue weighted by Crippen LogP contribution is 2.21. The zero-order valence-electron chi connectivity index (χ0n) is 10.1. The van der Waals surface area contributed by atoms with E-state index >= 15 is 0 Å². The van der Waals surface area contributed by atoms with Gasteiger partial charge in [-0.15, -0.1) is 12.4 Å². The molecule has 4 nitrogen and oxygen atoms in total. The lowest BCUT2D eigenvalue weighted by Crippen LogP contribution is -2.38. The van der Waals surface area contributed by atoms with E-state index in [0.29, 0.717) is 5.92 Å². The van der Waals surface area contributed by atoms with E-state index in [0.717, 1.165) is 36.9 Å². The lowest BCUT2D eigenvalue weighted by Gasteiger charge is -2.32. The van der Waals surface area contributed by atoms with Crippen molar-refractivity contribution in [3.8, 4) is 0 Å². The van der Waals surface area contributed by atoms with Crippen molar-refractivity contribution < 1.29 is 0 Å². The third-order valence-corrected chi connectivity index (χ3v) is 3.64. The molecule has 1 aliphatic rings. The number of nitrogens with two attached hydrogens (primary N) is 1. The highest BCUT2D eigenvalue weighted by Gasteiger charge is 2.20. The van der Waals surface area contributed by atoms with Crippen molar-refractivity contribution in [2.24, 2.45) is 18.7 Å². The predicted octanol–water partition coefficient (Wildman–Crippen LogP) is 1.67. The number of likely N-dealkylation sites (tertiary alicyclic amines) is 1. The van der Waals surface area contributed by atoms with Gasteiger partial charge in [-0.3, -0.25) is 9.58 Å². The summed E-state index contributed by atoms with van der Waals surface area (Å²) in [5.41, 5.74) is 6.82. The summed E-state index contributed by atoms with van der Waals surface area (Å²) >= 11 is 6.10. The van der Waals surface area contributed by atoms with Gasteiger partial charge >= 0.3 is 0 Å². The molecule has 98 valence electrons. The molecule has 6 heteroatoms. The van der Waals surface area contributed by atoms with Crippen LogP contribution in [0.5, 0.6) is 0 Å². The molecule has 0 spiro atoms. The van der Waals surface area contributed by atoms with Gasteiger partial charge in [-0.25, -0.2) is 0 Å². The number of hydrogen-bond acceptors (Lipinski definition) is 3. The second-order valence-electron chi connectivity index (χ2n) is 4.54. The minimum atomic E-state index is 0. The Hall–Kier alpha value is -0.290. The maximum absolute atomic E-state index is 6.10. The number of nitrogens with zero attached hydrogens (tertiary/aromatic N) is 3. The van der Waals surface area contributed by atoms with Gasteiger partial charge in [-0.2, -0.15) is 5.10 Å². The summed E-state index contributed by atoms with van der Waals surface area (Å²) in [6, 6.07) is 0. The van der Waals surface area contributed by atoms with E-state index in [9.17, 15) is 0 Å². The van der Waals surface area contributed by atoms with Gasteiger partial charge in [0.1, 0.15) is 0 Å². The van der Waals surface area contributed by atoms with E-state index in [1.807, 2.05) is 11.7 Å². The number of aromatic nitrogens is 2. The maximum atomic E-state index is 6.10. The lowest BCUT2D eigenvalue weighted by molar-refractivity contribution is 0.167. The molecule has 0 aliphatic carbocycles. The van der Waals surface area contributed by atoms with E-state index in [1.54, 1.807) is 6.20 Å². The summed E-state index contributed by atoms with van der Waals surface area (Å²) < 4.78 is 1.86. The summed E-state index contributed by atoms with van der Waals surface area (Å²) in [6.45, 7) is 3.89. The van der Waals surface area contributed by atoms with Crippen LogP contribution in [0.2, 0.25) is 5.02 Å². The molecule has 1 aromatic heterocycles. The number of halogens is 2. The normalized spacial score (nSPS) is 21.2. The molecule has 1 aliphatic heterocycles. The molecule has 1 unspecified atom stereocenters. The molecule has 2 N–H and O–H groups in total. The standard InChI is InChI=1S/C11H19ClN4.ClH/c1-15-11(10(12)6-14-15)8-16-4-2-3-9(5-13)7-16;/h6,9H,2-5,7-8,13H2,1H3;1H. The Morgan fingerprint density at radius 1 is 1.59 bits per heavy atom. The first-order chi connectivity index (χ1) is 7.70. The molecule has 1 saturated heterocycles. The summed E-state index contributed by atoms with van der Waals surface area (Å²) in [5.74, 6) is 0.640. The average Bonchev–Trinajstić information content (AvgIpc) is 2.61. The van der Waals surface area contributed by atoms with Crippen LogP contribution >= 0.6 is 24.0 Å². The van der Waals surface area contributed by atoms with Gasteiger partial charge in [0.2, 0.25) is 0 Å². The lowest BCUT2D eigenvalue weighted by atomic mass is 9.98. The van der Waals surface area contributed by atoms with Crippen molar-refractivity contribution >= 4 is 24.0 Å². The number of piperidine rings is 1. The van der Waals surface area contributed by atoms with Crippen LogP contribution in [0.15, 0.2) is 6.20 Å². The number of aryl methyl sites for hydroxylation is 1. The fraction of sp³-hybridized carbons (Fsp3) is 0.727. The Kier molecular flexibility index (Phi) is 5.73. The molecule has 17 heavy (non-hydrogen) atoms. The van der Waals surface area contributed by atoms with E-state index in [4.69, 9.17) is 17.3 Å². The fourth-order valence-corrected chi connectivity index (χ4v) is 2.54. The molecule has 1 atom stereocenters. The molecule has 0 amide bonds. The van der Waals surface area contributed by atoms with Gasteiger partial charge in [0.15, 0.2) is 0 Å². The van der Waals surface area contributed by atoms with Crippen LogP contribution in [0.4, 0.5) is 0 Å². The van der Waals surface area contributed by atoms with Crippen molar-refractivity contribution in [3.05, 3.63) is 16.9 Å². The Labute approximate surface area is 114 Å². The molecule has 2 rings (SSSR count). The minimum Gasteiger partial charge on any atom is -0.330 e. The first-order valence-corrected chi connectivity index (χ1v) is 6.17. The molecule has 2 heterocycles. The monoisotopic (exact) mass is 278 g/mol. The average molecular weight is 279 g/mol. The van der Waals surface area contributed by atoms with Crippen molar-refractivity contribution in [1.29, 1.82) is 0 Å². The molecule has 0 radical (unpaired) electrons. The zero-order chi connectivity index (χ0) is 11.5. The summed E-state index contributed by atoms with van der Waals surface area (Å²) in [5, 5.41) is 4.92. The Bertz CT molecular complexity index is 334. The van der Waals surface area contributed by atoms with Gasteiger partial charge in [0.05, 0.1) is 16.9 Å². The van der Waals surface area contributed by atoms with E-state index in [2.05, 4.69) is 10.00 Å². The molecule has 1 aromatic rings. The van der Waals surface area contributed by atoms with Gasteiger partial charge in [-0.1, -0.05) is 11.6 Å². The van der Waals surface area contributed by atoms with Crippen molar-refractivity contribution in [2.45, 2.75) is 19.4 Å². The van der Waals surface area contributed by atoms with Crippen LogP contribution in [-0.2, 0) is 13.6 Å². The predicted molar refractivity (Wildman–Crippen MR) is 72.5 cm³/mol. The molecule has 0 aromatic carbocycles. The Morgan fingerprint density at radius 2 is 2.35 bits per heavy atom. The topological polar surface area (TPSA) is 47.1 Å². The largest absolute Gasteiger partial charge is 0.330 e. The summed E-state index contributed by atoms with van der Waals surface area (Å²) in [7, 11) is 1.94. The minimum absolute atomic E-state index is 0. The smallest absolute Gasteiger partial charge is 0.0831 e. The van der Waals surface area contributed by atoms with Crippen molar-refractivity contribution in [2.75, 3.05) is 19.6 Å². The summed E-state index contributed by atoms with van der Waals surface area (Å²) in [4.78, 5) is 2.42. The summed E-state index contributed by atoms with van der Waals surface area (Å²) in [6.07, 6.45) is 4.20. The van der Waals surface area contributed by atoms with E-state index in [1.165, 1.54) is 12.8 Å². The quantitative estimate of drug-likeness (QED) is 0.915. The van der Waals surface area contributed by atoms with Crippen LogP contribution in [0, 0.1) is 5.92 Å². The number of rotatable bonds is 3. The van der Waals surface area contributed by atoms with Crippen LogP contribution in [0.25, 0.3) is 0 Å². The highest BCUT2D eigenvalue weighted by atomic mass is 35.5. The fourth-order valence-electron chi connectivity index (χ4n) is 2.31. The molecular weight excluding hydrogens is 259 g/mol. The first kappa shape index (κ1) is 14.8. The van der Waals surface area contributed by atoms with Crippen LogP contribution in [-0.4, -0.2) is 34.3 Å². The number of hydrogen-bond donors (Lipinski definition) is 1. The third kappa shape index (κ3) is 3.58. The second kappa shape index (κ2) is 6.59. The Balaban J connectivity index is 0.00000144. The molecule has 0 saturated carbocycles. The van der Waals surface area contributed by atoms with Crippen LogP contribution < -0.4 is 5.73 Å². The van der Waals surface area contributed by atoms with Crippen molar-refractivity contribution in [1.82, 2.24) is 14.7 Å². The van der Waals surface area contributed by atoms with Crippen LogP contribution in [0.1, 0.15) is 18.5 Å². The van der Waals surface area contributed by atoms with Gasteiger partial charge in [-0.05, 0) is 31.8 Å². The van der Waals surface area contributed by atoms with Gasteiger partial charge in [0, 0.05) is 20.1 Å². The van der Waals surface area contributed by atoms with E-state index < -0.39 is 0 Å². The molecular formula is C11H20Cl2N4. The Morgan fingerprint density at radius 3 is 2.94 bits per heavy atom. The SMILES string of the molecule is Cl.Cn1ncc(Cl)c1CN1CCCC(CN)C1. The van der Waals surface area contributed by atoms with E-state index in [-0.39, 0.29) is 12.4 Å². The molecule has 0 bridgehead atoms.